The Labute approximate surface area is 108 Å². The van der Waals surface area contributed by atoms with E-state index in [1.165, 1.54) is 6.07 Å². The predicted molar refractivity (Wildman–Crippen MR) is 72.1 cm³/mol. The van der Waals surface area contributed by atoms with Crippen LogP contribution in [-0.4, -0.2) is 12.1 Å². The maximum atomic E-state index is 13.4. The monoisotopic (exact) mass is 257 g/mol. The van der Waals surface area contributed by atoms with Crippen molar-refractivity contribution in [3.8, 4) is 0 Å². The predicted octanol–water partition coefficient (Wildman–Crippen LogP) is 4.19. The molecule has 1 aromatic rings. The van der Waals surface area contributed by atoms with Gasteiger partial charge in [0.1, 0.15) is 5.82 Å². The zero-order valence-electron chi connectivity index (χ0n) is 10.8. The van der Waals surface area contributed by atoms with Crippen LogP contribution in [0.4, 0.5) is 4.39 Å². The van der Waals surface area contributed by atoms with Crippen LogP contribution in [0.3, 0.4) is 0 Å². The Hall–Kier alpha value is -0.600. The van der Waals surface area contributed by atoms with Crippen molar-refractivity contribution in [1.82, 2.24) is 5.32 Å². The summed E-state index contributed by atoms with van der Waals surface area (Å²) in [5, 5.41) is 3.95. The molecular weight excluding hydrogens is 237 g/mol. The van der Waals surface area contributed by atoms with Crippen molar-refractivity contribution >= 4 is 11.6 Å². The van der Waals surface area contributed by atoms with E-state index in [9.17, 15) is 4.39 Å². The van der Waals surface area contributed by atoms with E-state index in [1.807, 2.05) is 0 Å². The minimum atomic E-state index is -0.193. The van der Waals surface area contributed by atoms with Gasteiger partial charge in [0.15, 0.2) is 0 Å². The summed E-state index contributed by atoms with van der Waals surface area (Å²) in [5.41, 5.74) is 0.792. The number of hydrogen-bond acceptors (Lipinski definition) is 1. The van der Waals surface area contributed by atoms with Gasteiger partial charge in [-0.05, 0) is 58.7 Å². The molecule has 17 heavy (non-hydrogen) atoms. The Kier molecular flexibility index (Phi) is 5.41. The summed E-state index contributed by atoms with van der Waals surface area (Å²) in [7, 11) is 0. The first-order valence-electron chi connectivity index (χ1n) is 6.08. The standard InChI is InChI=1S/C14H21ClFN/c1-14(2,3)17-10-5-4-7-11-12(15)8-6-9-13(11)16/h6,8-9,17H,4-5,7,10H2,1-3H3. The molecule has 0 saturated heterocycles. The summed E-state index contributed by atoms with van der Waals surface area (Å²) >= 11 is 5.96. The lowest BCUT2D eigenvalue weighted by Gasteiger charge is -2.20. The first kappa shape index (κ1) is 14.5. The quantitative estimate of drug-likeness (QED) is 0.780. The Morgan fingerprint density at radius 1 is 1.24 bits per heavy atom. The number of halogens is 2. The Balaban J connectivity index is 2.32. The minimum Gasteiger partial charge on any atom is -0.312 e. The molecule has 0 aromatic heterocycles. The van der Waals surface area contributed by atoms with E-state index in [-0.39, 0.29) is 11.4 Å². The third kappa shape index (κ3) is 5.51. The fraction of sp³-hybridized carbons (Fsp3) is 0.571. The van der Waals surface area contributed by atoms with Crippen molar-refractivity contribution in [2.45, 2.75) is 45.6 Å². The molecule has 0 aliphatic rings. The fourth-order valence-electron chi connectivity index (χ4n) is 1.66. The van der Waals surface area contributed by atoms with Crippen LogP contribution in [0.5, 0.6) is 0 Å². The van der Waals surface area contributed by atoms with Gasteiger partial charge in [0.05, 0.1) is 0 Å². The van der Waals surface area contributed by atoms with Crippen LogP contribution in [0.15, 0.2) is 18.2 Å². The second-order valence-corrected chi connectivity index (χ2v) is 5.74. The zero-order chi connectivity index (χ0) is 12.9. The van der Waals surface area contributed by atoms with E-state index in [2.05, 4.69) is 26.1 Å². The van der Waals surface area contributed by atoms with Crippen molar-refractivity contribution in [1.29, 1.82) is 0 Å². The lowest BCUT2D eigenvalue weighted by Crippen LogP contribution is -2.36. The van der Waals surface area contributed by atoms with E-state index in [1.54, 1.807) is 12.1 Å². The first-order chi connectivity index (χ1) is 7.90. The second-order valence-electron chi connectivity index (χ2n) is 5.33. The maximum Gasteiger partial charge on any atom is 0.127 e. The Morgan fingerprint density at radius 3 is 2.53 bits per heavy atom. The third-order valence-electron chi connectivity index (χ3n) is 2.57. The van der Waals surface area contributed by atoms with Crippen LogP contribution in [-0.2, 0) is 6.42 Å². The van der Waals surface area contributed by atoms with Gasteiger partial charge < -0.3 is 5.32 Å². The molecule has 1 nitrogen and oxygen atoms in total. The molecule has 0 atom stereocenters. The van der Waals surface area contributed by atoms with Gasteiger partial charge in [0, 0.05) is 16.1 Å². The molecule has 0 fully saturated rings. The molecule has 0 saturated carbocycles. The molecule has 0 spiro atoms. The summed E-state index contributed by atoms with van der Waals surface area (Å²) < 4.78 is 13.4. The number of nitrogens with one attached hydrogen (secondary N) is 1. The molecule has 0 aliphatic carbocycles. The largest absolute Gasteiger partial charge is 0.312 e. The van der Waals surface area contributed by atoms with Crippen molar-refractivity contribution in [3.63, 3.8) is 0 Å². The Bertz CT molecular complexity index is 337. The van der Waals surface area contributed by atoms with Gasteiger partial charge in [0.2, 0.25) is 0 Å². The van der Waals surface area contributed by atoms with E-state index in [0.29, 0.717) is 17.0 Å². The van der Waals surface area contributed by atoms with E-state index in [4.69, 9.17) is 11.6 Å². The summed E-state index contributed by atoms with van der Waals surface area (Å²) in [4.78, 5) is 0. The van der Waals surface area contributed by atoms with Crippen LogP contribution < -0.4 is 5.32 Å². The lowest BCUT2D eigenvalue weighted by atomic mass is 10.1. The van der Waals surface area contributed by atoms with Gasteiger partial charge >= 0.3 is 0 Å². The van der Waals surface area contributed by atoms with Gasteiger partial charge in [-0.3, -0.25) is 0 Å². The summed E-state index contributed by atoms with van der Waals surface area (Å²) in [5.74, 6) is -0.193. The normalized spacial score (nSPS) is 11.8. The highest BCUT2D eigenvalue weighted by Crippen LogP contribution is 2.20. The lowest BCUT2D eigenvalue weighted by molar-refractivity contribution is 0.418. The average molecular weight is 258 g/mol. The van der Waals surface area contributed by atoms with Crippen molar-refractivity contribution in [2.75, 3.05) is 6.54 Å². The zero-order valence-corrected chi connectivity index (χ0v) is 11.6. The van der Waals surface area contributed by atoms with Gasteiger partial charge in [-0.2, -0.15) is 0 Å². The molecule has 0 radical (unpaired) electrons. The molecule has 3 heteroatoms. The van der Waals surface area contributed by atoms with E-state index in [0.717, 1.165) is 19.4 Å². The summed E-state index contributed by atoms with van der Waals surface area (Å²) in [6.07, 6.45) is 2.68. The number of rotatable bonds is 5. The third-order valence-corrected chi connectivity index (χ3v) is 2.92. The van der Waals surface area contributed by atoms with Crippen LogP contribution in [0.2, 0.25) is 5.02 Å². The molecule has 1 rings (SSSR count). The highest BCUT2D eigenvalue weighted by Gasteiger charge is 2.08. The SMILES string of the molecule is CC(C)(C)NCCCCc1c(F)cccc1Cl. The molecule has 1 N–H and O–H groups in total. The van der Waals surface area contributed by atoms with E-state index >= 15 is 0 Å². The smallest absolute Gasteiger partial charge is 0.127 e. The molecule has 0 amide bonds. The Morgan fingerprint density at radius 2 is 1.94 bits per heavy atom. The van der Waals surface area contributed by atoms with Gasteiger partial charge in [-0.1, -0.05) is 17.7 Å². The molecule has 0 bridgehead atoms. The van der Waals surface area contributed by atoms with Gasteiger partial charge in [0.25, 0.3) is 0 Å². The summed E-state index contributed by atoms with van der Waals surface area (Å²) in [6.45, 7) is 7.37. The van der Waals surface area contributed by atoms with Crippen LogP contribution in [0.25, 0.3) is 0 Å². The molecule has 1 aromatic carbocycles. The highest BCUT2D eigenvalue weighted by atomic mass is 35.5. The maximum absolute atomic E-state index is 13.4. The molecule has 0 heterocycles. The fourth-order valence-corrected chi connectivity index (χ4v) is 1.92. The number of unbranched alkanes of at least 4 members (excludes halogenated alkanes) is 1. The average Bonchev–Trinajstić information content (AvgIpc) is 2.20. The van der Waals surface area contributed by atoms with Crippen molar-refractivity contribution < 1.29 is 4.39 Å². The molecule has 0 aliphatic heterocycles. The topological polar surface area (TPSA) is 12.0 Å². The molecule has 96 valence electrons. The van der Waals surface area contributed by atoms with Gasteiger partial charge in [-0.15, -0.1) is 0 Å². The number of hydrogen-bond donors (Lipinski definition) is 1. The van der Waals surface area contributed by atoms with Crippen LogP contribution in [0, 0.1) is 5.82 Å². The summed E-state index contributed by atoms with van der Waals surface area (Å²) in [6, 6.07) is 4.85. The molecular formula is C14H21ClFN. The molecule has 0 unspecified atom stereocenters. The second kappa shape index (κ2) is 6.36. The van der Waals surface area contributed by atoms with Crippen LogP contribution in [0.1, 0.15) is 39.2 Å². The van der Waals surface area contributed by atoms with Crippen LogP contribution >= 0.6 is 11.6 Å². The van der Waals surface area contributed by atoms with Crippen molar-refractivity contribution in [3.05, 3.63) is 34.6 Å². The minimum absolute atomic E-state index is 0.148. The van der Waals surface area contributed by atoms with Gasteiger partial charge in [-0.25, -0.2) is 4.39 Å². The van der Waals surface area contributed by atoms with Crippen molar-refractivity contribution in [2.24, 2.45) is 0 Å². The van der Waals surface area contributed by atoms with E-state index < -0.39 is 0 Å². The number of benzene rings is 1. The highest BCUT2D eigenvalue weighted by molar-refractivity contribution is 6.31. The first-order valence-corrected chi connectivity index (χ1v) is 6.46.